The molecule has 1 fully saturated rings. The molecule has 14 heavy (non-hydrogen) atoms. The van der Waals surface area contributed by atoms with E-state index in [0.29, 0.717) is 13.0 Å². The zero-order chi connectivity index (χ0) is 10.7. The van der Waals surface area contributed by atoms with Crippen LogP contribution in [0.1, 0.15) is 12.8 Å². The molecule has 1 aliphatic rings. The molecule has 0 spiro atoms. The van der Waals surface area contributed by atoms with E-state index in [-0.39, 0.29) is 24.9 Å². The highest BCUT2D eigenvalue weighted by Crippen LogP contribution is 2.09. The van der Waals surface area contributed by atoms with E-state index in [1.54, 1.807) is 0 Å². The second-order valence-corrected chi connectivity index (χ2v) is 3.45. The first kappa shape index (κ1) is 10.9. The molecule has 0 aromatic rings. The fourth-order valence-corrected chi connectivity index (χ4v) is 1.42. The Labute approximate surface area is 81.3 Å². The van der Waals surface area contributed by atoms with Crippen molar-refractivity contribution in [2.24, 2.45) is 5.73 Å². The van der Waals surface area contributed by atoms with E-state index in [2.05, 4.69) is 0 Å². The van der Waals surface area contributed by atoms with Crippen LogP contribution in [0.2, 0.25) is 0 Å². The summed E-state index contributed by atoms with van der Waals surface area (Å²) in [5.41, 5.74) is 5.54. The van der Waals surface area contributed by atoms with Gasteiger partial charge in [0.05, 0.1) is 0 Å². The monoisotopic (exact) mass is 202 g/mol. The van der Waals surface area contributed by atoms with Gasteiger partial charge in [0.1, 0.15) is 0 Å². The van der Waals surface area contributed by atoms with Crippen molar-refractivity contribution in [1.82, 2.24) is 4.90 Å². The third-order valence-electron chi connectivity index (χ3n) is 2.20. The topological polar surface area (TPSA) is 104 Å². The maximum atomic E-state index is 11.2. The molecule has 0 bridgehead atoms. The number of likely N-dealkylation sites (tertiary alicyclic amines) is 1. The molecule has 4 N–H and O–H groups in total. The molecular formula is C8H14N2O4. The Morgan fingerprint density at radius 2 is 2.36 bits per heavy atom. The van der Waals surface area contributed by atoms with Crippen molar-refractivity contribution in [3.63, 3.8) is 0 Å². The summed E-state index contributed by atoms with van der Waals surface area (Å²) in [6.45, 7) is 0.700. The quantitative estimate of drug-likeness (QED) is 0.508. The largest absolute Gasteiger partial charge is 0.479 e. The van der Waals surface area contributed by atoms with E-state index in [0.717, 1.165) is 0 Å². The van der Waals surface area contributed by atoms with Crippen LogP contribution in [0.5, 0.6) is 0 Å². The van der Waals surface area contributed by atoms with E-state index in [1.807, 2.05) is 0 Å². The zero-order valence-electron chi connectivity index (χ0n) is 7.72. The van der Waals surface area contributed by atoms with Gasteiger partial charge in [-0.1, -0.05) is 0 Å². The van der Waals surface area contributed by atoms with Crippen LogP contribution in [-0.4, -0.2) is 52.2 Å². The minimum atomic E-state index is -1.40. The van der Waals surface area contributed by atoms with Gasteiger partial charge in [-0.3, -0.25) is 4.79 Å². The average Bonchev–Trinajstić information content (AvgIpc) is 2.40. The standard InChI is InChI=1S/C8H14N2O4/c9-5-3-7(12)10(4-5)2-1-6(11)8(13)14/h5-6,11H,1-4,9H2,(H,13,14)/t5?,6-/m0/s1. The van der Waals surface area contributed by atoms with Crippen LogP contribution in [-0.2, 0) is 9.59 Å². The molecule has 0 aliphatic carbocycles. The van der Waals surface area contributed by atoms with Gasteiger partial charge >= 0.3 is 5.97 Å². The highest BCUT2D eigenvalue weighted by atomic mass is 16.4. The van der Waals surface area contributed by atoms with Crippen LogP contribution in [0.3, 0.4) is 0 Å². The van der Waals surface area contributed by atoms with Crippen LogP contribution in [0.4, 0.5) is 0 Å². The Morgan fingerprint density at radius 3 is 2.79 bits per heavy atom. The van der Waals surface area contributed by atoms with Gasteiger partial charge in [0.25, 0.3) is 0 Å². The summed E-state index contributed by atoms with van der Waals surface area (Å²) in [6, 6.07) is -0.163. The molecule has 1 unspecified atom stereocenters. The molecule has 1 amide bonds. The first-order chi connectivity index (χ1) is 6.50. The smallest absolute Gasteiger partial charge is 0.332 e. The van der Waals surface area contributed by atoms with Gasteiger partial charge in [-0.15, -0.1) is 0 Å². The van der Waals surface area contributed by atoms with Crippen LogP contribution >= 0.6 is 0 Å². The minimum absolute atomic E-state index is 0.0494. The summed E-state index contributed by atoms with van der Waals surface area (Å²) in [5.74, 6) is -1.34. The van der Waals surface area contributed by atoms with Crippen LogP contribution in [0, 0.1) is 0 Å². The maximum absolute atomic E-state index is 11.2. The lowest BCUT2D eigenvalue weighted by Gasteiger charge is -2.16. The Bertz CT molecular complexity index is 243. The molecule has 2 atom stereocenters. The molecule has 1 saturated heterocycles. The van der Waals surface area contributed by atoms with Gasteiger partial charge in [-0.05, 0) is 0 Å². The fraction of sp³-hybridized carbons (Fsp3) is 0.750. The van der Waals surface area contributed by atoms with Gasteiger partial charge in [0.15, 0.2) is 6.10 Å². The number of aliphatic carboxylic acids is 1. The summed E-state index contributed by atoms with van der Waals surface area (Å²) in [7, 11) is 0. The van der Waals surface area contributed by atoms with Gasteiger partial charge < -0.3 is 20.8 Å². The number of carbonyl (C=O) groups excluding carboxylic acids is 1. The SMILES string of the molecule is NC1CC(=O)N(CC[C@H](O)C(=O)O)C1. The molecular weight excluding hydrogens is 188 g/mol. The number of nitrogens with zero attached hydrogens (tertiary/aromatic N) is 1. The number of carbonyl (C=O) groups is 2. The lowest BCUT2D eigenvalue weighted by Crippen LogP contribution is -2.32. The second kappa shape index (κ2) is 4.39. The van der Waals surface area contributed by atoms with Gasteiger partial charge in [0, 0.05) is 32.0 Å². The number of amides is 1. The van der Waals surface area contributed by atoms with Crippen molar-refractivity contribution in [2.75, 3.05) is 13.1 Å². The number of aliphatic hydroxyl groups excluding tert-OH is 1. The molecule has 0 radical (unpaired) electrons. The summed E-state index contributed by atoms with van der Waals surface area (Å²) >= 11 is 0. The van der Waals surface area contributed by atoms with Crippen molar-refractivity contribution >= 4 is 11.9 Å². The number of nitrogens with two attached hydrogens (primary N) is 1. The van der Waals surface area contributed by atoms with Crippen molar-refractivity contribution in [1.29, 1.82) is 0 Å². The molecule has 0 aromatic heterocycles. The highest BCUT2D eigenvalue weighted by molar-refractivity contribution is 5.79. The molecule has 80 valence electrons. The first-order valence-electron chi connectivity index (χ1n) is 4.45. The lowest BCUT2D eigenvalue weighted by atomic mass is 10.2. The fourth-order valence-electron chi connectivity index (χ4n) is 1.42. The number of hydrogen-bond acceptors (Lipinski definition) is 4. The van der Waals surface area contributed by atoms with E-state index < -0.39 is 12.1 Å². The van der Waals surface area contributed by atoms with Crippen LogP contribution in [0.25, 0.3) is 0 Å². The number of carboxylic acids is 1. The van der Waals surface area contributed by atoms with Crippen LogP contribution in [0.15, 0.2) is 0 Å². The van der Waals surface area contributed by atoms with Crippen LogP contribution < -0.4 is 5.73 Å². The minimum Gasteiger partial charge on any atom is -0.479 e. The molecule has 6 nitrogen and oxygen atoms in total. The lowest BCUT2D eigenvalue weighted by molar-refractivity contribution is -0.147. The van der Waals surface area contributed by atoms with E-state index in [4.69, 9.17) is 15.9 Å². The molecule has 1 aliphatic heterocycles. The number of hydrogen-bond donors (Lipinski definition) is 3. The predicted molar refractivity (Wildman–Crippen MR) is 47.4 cm³/mol. The van der Waals surface area contributed by atoms with Gasteiger partial charge in [-0.2, -0.15) is 0 Å². The summed E-state index contributed by atoms with van der Waals surface area (Å²) in [6.07, 6.45) is -1.05. The number of aliphatic hydroxyl groups is 1. The third-order valence-corrected chi connectivity index (χ3v) is 2.20. The average molecular weight is 202 g/mol. The summed E-state index contributed by atoms with van der Waals surface area (Å²) in [5, 5.41) is 17.4. The highest BCUT2D eigenvalue weighted by Gasteiger charge is 2.27. The molecule has 0 aromatic carbocycles. The third kappa shape index (κ3) is 2.68. The maximum Gasteiger partial charge on any atom is 0.332 e. The Kier molecular flexibility index (Phi) is 3.43. The Morgan fingerprint density at radius 1 is 1.71 bits per heavy atom. The summed E-state index contributed by atoms with van der Waals surface area (Å²) < 4.78 is 0. The van der Waals surface area contributed by atoms with Crippen molar-refractivity contribution in [2.45, 2.75) is 25.0 Å². The zero-order valence-corrected chi connectivity index (χ0v) is 7.72. The second-order valence-electron chi connectivity index (χ2n) is 3.45. The summed E-state index contributed by atoms with van der Waals surface area (Å²) in [4.78, 5) is 22.9. The molecule has 1 heterocycles. The molecule has 6 heteroatoms. The predicted octanol–water partition coefficient (Wildman–Crippen LogP) is -1.62. The van der Waals surface area contributed by atoms with Gasteiger partial charge in [-0.25, -0.2) is 4.79 Å². The van der Waals surface area contributed by atoms with E-state index in [1.165, 1.54) is 4.90 Å². The van der Waals surface area contributed by atoms with Crippen molar-refractivity contribution in [3.8, 4) is 0 Å². The Hall–Kier alpha value is -1.14. The first-order valence-corrected chi connectivity index (χ1v) is 4.45. The van der Waals surface area contributed by atoms with Gasteiger partial charge in [0.2, 0.25) is 5.91 Å². The molecule has 1 rings (SSSR count). The number of carboxylic acid groups (broad SMARTS) is 1. The number of rotatable bonds is 4. The molecule has 0 saturated carbocycles. The Balaban J connectivity index is 2.31. The normalized spacial score (nSPS) is 24.0. The van der Waals surface area contributed by atoms with Crippen molar-refractivity contribution in [3.05, 3.63) is 0 Å². The van der Waals surface area contributed by atoms with E-state index in [9.17, 15) is 9.59 Å². The van der Waals surface area contributed by atoms with E-state index >= 15 is 0 Å². The van der Waals surface area contributed by atoms with Crippen molar-refractivity contribution < 1.29 is 19.8 Å².